The van der Waals surface area contributed by atoms with Crippen LogP contribution in [0.15, 0.2) is 88.9 Å². The molecule has 0 fully saturated rings. The van der Waals surface area contributed by atoms with E-state index in [4.69, 9.17) is 11.6 Å². The highest BCUT2D eigenvalue weighted by Crippen LogP contribution is 2.30. The Kier molecular flexibility index (Phi) is 8.04. The molecule has 1 N–H and O–H groups in total. The summed E-state index contributed by atoms with van der Waals surface area (Å²) in [5.74, 6) is -0.608. The number of anilines is 1. The van der Waals surface area contributed by atoms with Crippen LogP contribution in [0.3, 0.4) is 0 Å². The molecule has 0 radical (unpaired) electrons. The Morgan fingerprint density at radius 1 is 0.947 bits per heavy atom. The Labute approximate surface area is 228 Å². The molecule has 1 aromatic heterocycles. The van der Waals surface area contributed by atoms with E-state index in [1.54, 1.807) is 48.7 Å². The third-order valence-electron chi connectivity index (χ3n) is 6.07. The smallest absolute Gasteiger partial charge is 0.264 e. The molecule has 38 heavy (non-hydrogen) atoms. The SMILES string of the molecule is Cc1cc(C)cc(-n2c(C)cc(/C=N\NC(=O)CN(c3ccccc3Cl)S(=O)(=O)c3ccccc3)c2C)c1. The van der Waals surface area contributed by atoms with Crippen molar-refractivity contribution < 1.29 is 13.2 Å². The number of rotatable bonds is 8. The maximum Gasteiger partial charge on any atom is 0.264 e. The van der Waals surface area contributed by atoms with Crippen molar-refractivity contribution in [2.75, 3.05) is 10.8 Å². The van der Waals surface area contributed by atoms with E-state index in [0.29, 0.717) is 0 Å². The summed E-state index contributed by atoms with van der Waals surface area (Å²) < 4.78 is 30.0. The second-order valence-corrected chi connectivity index (χ2v) is 11.3. The van der Waals surface area contributed by atoms with Crippen LogP contribution in [0.25, 0.3) is 5.69 Å². The summed E-state index contributed by atoms with van der Waals surface area (Å²) in [6.07, 6.45) is 1.56. The van der Waals surface area contributed by atoms with Gasteiger partial charge in [-0.15, -0.1) is 0 Å². The van der Waals surface area contributed by atoms with Crippen molar-refractivity contribution in [1.29, 1.82) is 0 Å². The molecule has 0 aliphatic carbocycles. The number of carbonyl (C=O) groups excluding carboxylic acids is 1. The number of sulfonamides is 1. The van der Waals surface area contributed by atoms with Gasteiger partial charge in [0.25, 0.3) is 15.9 Å². The zero-order chi connectivity index (χ0) is 27.4. The summed E-state index contributed by atoms with van der Waals surface area (Å²) >= 11 is 6.32. The first-order valence-electron chi connectivity index (χ1n) is 12.0. The highest BCUT2D eigenvalue weighted by Gasteiger charge is 2.28. The van der Waals surface area contributed by atoms with Crippen LogP contribution < -0.4 is 9.73 Å². The third-order valence-corrected chi connectivity index (χ3v) is 8.16. The Bertz CT molecular complexity index is 1590. The number of nitrogens with one attached hydrogen (secondary N) is 1. The van der Waals surface area contributed by atoms with Crippen molar-refractivity contribution in [1.82, 2.24) is 9.99 Å². The van der Waals surface area contributed by atoms with E-state index < -0.39 is 22.5 Å². The molecule has 3 aromatic carbocycles. The quantitative estimate of drug-likeness (QED) is 0.226. The van der Waals surface area contributed by atoms with Crippen molar-refractivity contribution in [2.24, 2.45) is 5.10 Å². The van der Waals surface area contributed by atoms with Crippen LogP contribution in [-0.4, -0.2) is 31.7 Å². The fraction of sp³-hybridized carbons (Fsp3) is 0.172. The number of aromatic nitrogens is 1. The van der Waals surface area contributed by atoms with E-state index in [1.807, 2.05) is 19.9 Å². The van der Waals surface area contributed by atoms with E-state index in [9.17, 15) is 13.2 Å². The molecule has 7 nitrogen and oxygen atoms in total. The lowest BCUT2D eigenvalue weighted by atomic mass is 10.1. The topological polar surface area (TPSA) is 83.8 Å². The molecule has 4 aromatic rings. The number of benzene rings is 3. The van der Waals surface area contributed by atoms with Gasteiger partial charge in [0.1, 0.15) is 6.54 Å². The van der Waals surface area contributed by atoms with E-state index in [2.05, 4.69) is 47.1 Å². The van der Waals surface area contributed by atoms with Crippen molar-refractivity contribution >= 4 is 39.4 Å². The predicted octanol–water partition coefficient (Wildman–Crippen LogP) is 5.71. The van der Waals surface area contributed by atoms with Crippen molar-refractivity contribution in [3.8, 4) is 5.69 Å². The highest BCUT2D eigenvalue weighted by molar-refractivity contribution is 7.92. The molecular weight excluding hydrogens is 520 g/mol. The molecule has 0 aliphatic rings. The second-order valence-electron chi connectivity index (χ2n) is 9.08. The molecule has 0 atom stereocenters. The lowest BCUT2D eigenvalue weighted by Crippen LogP contribution is -2.39. The minimum absolute atomic E-state index is 0.0510. The molecule has 9 heteroatoms. The standard InChI is InChI=1S/C29H29ClN4O3S/c1-20-14-21(2)16-25(15-20)34-22(3)17-24(23(34)4)18-31-32-29(35)19-33(28-13-9-8-12-27(28)30)38(36,37)26-10-6-5-7-11-26/h5-18H,19H2,1-4H3,(H,32,35)/b31-18-. The summed E-state index contributed by atoms with van der Waals surface area (Å²) in [6, 6.07) is 22.7. The van der Waals surface area contributed by atoms with Crippen molar-refractivity contribution in [3.05, 3.63) is 112 Å². The lowest BCUT2D eigenvalue weighted by molar-refractivity contribution is -0.119. The van der Waals surface area contributed by atoms with Crippen molar-refractivity contribution in [3.63, 3.8) is 0 Å². The van der Waals surface area contributed by atoms with E-state index in [-0.39, 0.29) is 15.6 Å². The van der Waals surface area contributed by atoms with Gasteiger partial charge in [-0.1, -0.05) is 48.0 Å². The Hall–Kier alpha value is -3.88. The number of nitrogens with zero attached hydrogens (tertiary/aromatic N) is 3. The van der Waals surface area contributed by atoms with Gasteiger partial charge in [-0.3, -0.25) is 9.10 Å². The van der Waals surface area contributed by atoms with Gasteiger partial charge >= 0.3 is 0 Å². The molecule has 1 heterocycles. The van der Waals surface area contributed by atoms with Gasteiger partial charge in [-0.05, 0) is 81.3 Å². The molecule has 0 saturated heterocycles. The van der Waals surface area contributed by atoms with Crippen LogP contribution in [0.4, 0.5) is 5.69 Å². The Balaban J connectivity index is 1.56. The normalized spacial score (nSPS) is 11.6. The first-order chi connectivity index (χ1) is 18.1. The minimum atomic E-state index is -4.06. The van der Waals surface area contributed by atoms with E-state index in [1.165, 1.54) is 23.3 Å². The molecule has 196 valence electrons. The third kappa shape index (κ3) is 5.82. The number of aryl methyl sites for hydroxylation is 3. The number of carbonyl (C=O) groups is 1. The number of para-hydroxylation sites is 1. The fourth-order valence-electron chi connectivity index (χ4n) is 4.41. The first kappa shape index (κ1) is 27.2. The number of hydrazone groups is 1. The van der Waals surface area contributed by atoms with Gasteiger partial charge in [-0.2, -0.15) is 5.10 Å². The predicted molar refractivity (Wildman–Crippen MR) is 153 cm³/mol. The van der Waals surface area contributed by atoms with Gasteiger partial charge in [0.2, 0.25) is 0 Å². The average molecular weight is 549 g/mol. The average Bonchev–Trinajstić information content (AvgIpc) is 3.15. The molecule has 0 saturated carbocycles. The summed E-state index contributed by atoms with van der Waals surface area (Å²) in [5, 5.41) is 4.33. The van der Waals surface area contributed by atoms with E-state index in [0.717, 1.165) is 26.9 Å². The highest BCUT2D eigenvalue weighted by atomic mass is 35.5. The van der Waals surface area contributed by atoms with Crippen LogP contribution in [0.5, 0.6) is 0 Å². The van der Waals surface area contributed by atoms with Crippen LogP contribution in [0.2, 0.25) is 5.02 Å². The molecule has 1 amide bonds. The van der Waals surface area contributed by atoms with Gasteiger partial charge < -0.3 is 4.57 Å². The van der Waals surface area contributed by atoms with Gasteiger partial charge in [-0.25, -0.2) is 13.8 Å². The monoisotopic (exact) mass is 548 g/mol. The van der Waals surface area contributed by atoms with Gasteiger partial charge in [0.05, 0.1) is 21.8 Å². The van der Waals surface area contributed by atoms with Gasteiger partial charge in [0.15, 0.2) is 0 Å². The maximum atomic E-state index is 13.4. The summed E-state index contributed by atoms with van der Waals surface area (Å²) in [7, 11) is -4.06. The zero-order valence-corrected chi connectivity index (χ0v) is 23.2. The first-order valence-corrected chi connectivity index (χ1v) is 13.8. The van der Waals surface area contributed by atoms with E-state index >= 15 is 0 Å². The number of hydrogen-bond acceptors (Lipinski definition) is 4. The molecule has 0 aliphatic heterocycles. The fourth-order valence-corrected chi connectivity index (χ4v) is 6.16. The number of amides is 1. The molecule has 0 bridgehead atoms. The molecule has 0 spiro atoms. The molecular formula is C29H29ClN4O3S. The summed E-state index contributed by atoms with van der Waals surface area (Å²) in [6.45, 7) is 7.62. The van der Waals surface area contributed by atoms with Crippen LogP contribution in [0, 0.1) is 27.7 Å². The minimum Gasteiger partial charge on any atom is -0.318 e. The summed E-state index contributed by atoms with van der Waals surface area (Å²) in [5.41, 5.74) is 8.89. The van der Waals surface area contributed by atoms with Crippen molar-refractivity contribution in [2.45, 2.75) is 32.6 Å². The van der Waals surface area contributed by atoms with Crippen LogP contribution in [-0.2, 0) is 14.8 Å². The molecule has 4 rings (SSSR count). The molecule has 0 unspecified atom stereocenters. The summed E-state index contributed by atoms with van der Waals surface area (Å²) in [4.78, 5) is 12.9. The van der Waals surface area contributed by atoms with Gasteiger partial charge in [0, 0.05) is 22.6 Å². The zero-order valence-electron chi connectivity index (χ0n) is 21.6. The second kappa shape index (κ2) is 11.2. The number of halogens is 1. The maximum absolute atomic E-state index is 13.4. The van der Waals surface area contributed by atoms with Crippen LogP contribution in [0.1, 0.15) is 28.1 Å². The van der Waals surface area contributed by atoms with Crippen LogP contribution >= 0.6 is 11.6 Å². The lowest BCUT2D eigenvalue weighted by Gasteiger charge is -2.24. The Morgan fingerprint density at radius 2 is 1.58 bits per heavy atom. The Morgan fingerprint density at radius 3 is 2.24 bits per heavy atom. The number of hydrogen-bond donors (Lipinski definition) is 1. The largest absolute Gasteiger partial charge is 0.318 e.